The molecule has 3 rings (SSSR count). The molecule has 0 unspecified atom stereocenters. The predicted octanol–water partition coefficient (Wildman–Crippen LogP) is 2.59. The summed E-state index contributed by atoms with van der Waals surface area (Å²) >= 11 is 0. The quantitative estimate of drug-likeness (QED) is 0.603. The zero-order valence-corrected chi connectivity index (χ0v) is 16.9. The Morgan fingerprint density at radius 2 is 1.34 bits per heavy atom. The zero-order valence-electron chi connectivity index (χ0n) is 16.9. The molecule has 0 amide bonds. The van der Waals surface area contributed by atoms with Gasteiger partial charge in [0, 0.05) is 22.8 Å². The Kier molecular flexibility index (Phi) is 5.19. The van der Waals surface area contributed by atoms with Crippen LogP contribution in [-0.2, 0) is 4.74 Å². The molecule has 2 aromatic rings. The molecule has 0 saturated carbocycles. The fourth-order valence-corrected chi connectivity index (χ4v) is 3.57. The van der Waals surface area contributed by atoms with Gasteiger partial charge < -0.3 is 23.7 Å². The number of hydrogen-bond acceptors (Lipinski definition) is 8. The van der Waals surface area contributed by atoms with E-state index in [-0.39, 0.29) is 45.1 Å². The molecule has 8 nitrogen and oxygen atoms in total. The van der Waals surface area contributed by atoms with E-state index >= 15 is 0 Å². The van der Waals surface area contributed by atoms with Crippen LogP contribution < -0.4 is 18.9 Å². The lowest BCUT2D eigenvalue weighted by molar-refractivity contribution is 0.0592. The Labute approximate surface area is 167 Å². The summed E-state index contributed by atoms with van der Waals surface area (Å²) in [5.74, 6) is -1.14. The highest BCUT2D eigenvalue weighted by atomic mass is 16.5. The van der Waals surface area contributed by atoms with Crippen LogP contribution in [0.5, 0.6) is 23.0 Å². The molecular formula is C21H20O8. The molecule has 0 atom stereocenters. The van der Waals surface area contributed by atoms with Crippen molar-refractivity contribution >= 4 is 17.5 Å². The molecule has 0 bridgehead atoms. The van der Waals surface area contributed by atoms with E-state index in [4.69, 9.17) is 23.7 Å². The van der Waals surface area contributed by atoms with Gasteiger partial charge in [-0.2, -0.15) is 0 Å². The van der Waals surface area contributed by atoms with Gasteiger partial charge in [-0.1, -0.05) is 0 Å². The third-order valence-corrected chi connectivity index (χ3v) is 4.93. The molecule has 0 heterocycles. The van der Waals surface area contributed by atoms with E-state index in [9.17, 15) is 14.4 Å². The molecule has 0 saturated heterocycles. The Balaban J connectivity index is 2.45. The molecule has 0 N–H and O–H groups in total. The van der Waals surface area contributed by atoms with E-state index in [0.29, 0.717) is 11.3 Å². The monoisotopic (exact) mass is 400 g/mol. The number of esters is 1. The number of methoxy groups -OCH3 is 5. The maximum absolute atomic E-state index is 13.5. The maximum Gasteiger partial charge on any atom is 0.345 e. The second-order valence-electron chi connectivity index (χ2n) is 6.22. The third-order valence-electron chi connectivity index (χ3n) is 4.93. The molecule has 1 aliphatic rings. The van der Waals surface area contributed by atoms with Gasteiger partial charge in [0.05, 0.1) is 46.7 Å². The summed E-state index contributed by atoms with van der Waals surface area (Å²) in [4.78, 5) is 39.2. The summed E-state index contributed by atoms with van der Waals surface area (Å²) in [5, 5.41) is 0. The van der Waals surface area contributed by atoms with E-state index in [1.165, 1.54) is 41.6 Å². The van der Waals surface area contributed by atoms with Crippen LogP contribution in [0.2, 0.25) is 0 Å². The Morgan fingerprint density at radius 3 is 1.86 bits per heavy atom. The van der Waals surface area contributed by atoms with Gasteiger partial charge in [0.2, 0.25) is 5.78 Å². The van der Waals surface area contributed by atoms with Crippen LogP contribution in [0.15, 0.2) is 12.1 Å². The van der Waals surface area contributed by atoms with Gasteiger partial charge in [-0.15, -0.1) is 0 Å². The lowest BCUT2D eigenvalue weighted by Gasteiger charge is -2.25. The Morgan fingerprint density at radius 1 is 0.724 bits per heavy atom. The molecule has 2 aromatic carbocycles. The first kappa shape index (κ1) is 20.2. The number of benzene rings is 2. The minimum Gasteiger partial charge on any atom is -0.496 e. The van der Waals surface area contributed by atoms with Crippen molar-refractivity contribution in [3.63, 3.8) is 0 Å². The van der Waals surface area contributed by atoms with Crippen molar-refractivity contribution in [1.29, 1.82) is 0 Å². The Bertz CT molecular complexity index is 1050. The molecule has 0 fully saturated rings. The van der Waals surface area contributed by atoms with Crippen molar-refractivity contribution in [3.8, 4) is 23.0 Å². The van der Waals surface area contributed by atoms with E-state index in [1.807, 2.05) is 0 Å². The summed E-state index contributed by atoms with van der Waals surface area (Å²) in [7, 11) is 6.69. The molecule has 0 radical (unpaired) electrons. The van der Waals surface area contributed by atoms with Crippen LogP contribution in [0.3, 0.4) is 0 Å². The van der Waals surface area contributed by atoms with Gasteiger partial charge >= 0.3 is 5.97 Å². The largest absolute Gasteiger partial charge is 0.496 e. The molecule has 0 aromatic heterocycles. The minimum atomic E-state index is -0.759. The van der Waals surface area contributed by atoms with E-state index in [1.54, 1.807) is 13.0 Å². The van der Waals surface area contributed by atoms with Gasteiger partial charge in [-0.25, -0.2) is 4.79 Å². The van der Waals surface area contributed by atoms with Gasteiger partial charge in [0.15, 0.2) is 5.78 Å². The van der Waals surface area contributed by atoms with E-state index < -0.39 is 17.5 Å². The maximum atomic E-state index is 13.5. The van der Waals surface area contributed by atoms with Crippen LogP contribution in [0.1, 0.15) is 47.8 Å². The summed E-state index contributed by atoms with van der Waals surface area (Å²) in [5.41, 5.74) is 0.694. The third kappa shape index (κ3) is 2.79. The molecular weight excluding hydrogens is 380 g/mol. The number of ether oxygens (including phenoxy) is 5. The van der Waals surface area contributed by atoms with Crippen LogP contribution in [0.4, 0.5) is 0 Å². The molecule has 29 heavy (non-hydrogen) atoms. The fourth-order valence-electron chi connectivity index (χ4n) is 3.57. The standard InChI is InChI=1S/C21H20O8/c1-9-11(25-2)8-13(27-4)16-14(9)18(22)10-7-12(26-3)17(21(24)29-6)20(28-5)15(10)19(16)23/h7-8H,1-6H3. The van der Waals surface area contributed by atoms with Crippen molar-refractivity contribution in [2.45, 2.75) is 6.92 Å². The summed E-state index contributed by atoms with van der Waals surface area (Å²) in [6, 6.07) is 2.89. The minimum absolute atomic E-state index is 0.0472. The second-order valence-corrected chi connectivity index (χ2v) is 6.22. The van der Waals surface area contributed by atoms with Gasteiger partial charge in [-0.3, -0.25) is 9.59 Å². The summed E-state index contributed by atoms with van der Waals surface area (Å²) in [6.45, 7) is 1.69. The second kappa shape index (κ2) is 7.46. The smallest absolute Gasteiger partial charge is 0.345 e. The first-order valence-electron chi connectivity index (χ1n) is 8.58. The highest BCUT2D eigenvalue weighted by Gasteiger charge is 2.40. The van der Waals surface area contributed by atoms with Gasteiger partial charge in [0.25, 0.3) is 0 Å². The van der Waals surface area contributed by atoms with E-state index in [0.717, 1.165) is 0 Å². The van der Waals surface area contributed by atoms with Gasteiger partial charge in [-0.05, 0) is 13.0 Å². The highest BCUT2D eigenvalue weighted by Crippen LogP contribution is 2.45. The zero-order chi connectivity index (χ0) is 21.5. The van der Waals surface area contributed by atoms with Crippen molar-refractivity contribution < 1.29 is 38.1 Å². The van der Waals surface area contributed by atoms with Crippen LogP contribution in [-0.4, -0.2) is 53.1 Å². The molecule has 1 aliphatic carbocycles. The lowest BCUT2D eigenvalue weighted by atomic mass is 9.79. The summed E-state index contributed by atoms with van der Waals surface area (Å²) in [6.07, 6.45) is 0. The molecule has 8 heteroatoms. The van der Waals surface area contributed by atoms with E-state index in [2.05, 4.69) is 0 Å². The number of carbonyl (C=O) groups is 3. The SMILES string of the molecule is COC(=O)c1c(OC)cc2c(c1OC)C(=O)c1c(OC)cc(OC)c(C)c1C2=O. The summed E-state index contributed by atoms with van der Waals surface area (Å²) < 4.78 is 26.1. The average Bonchev–Trinajstić information content (AvgIpc) is 2.74. The van der Waals surface area contributed by atoms with Crippen molar-refractivity contribution in [2.24, 2.45) is 0 Å². The molecule has 152 valence electrons. The van der Waals surface area contributed by atoms with Gasteiger partial charge in [0.1, 0.15) is 28.6 Å². The first-order chi connectivity index (χ1) is 13.9. The number of rotatable bonds is 5. The molecule has 0 spiro atoms. The molecule has 0 aliphatic heterocycles. The number of carbonyl (C=O) groups excluding carboxylic acids is 3. The van der Waals surface area contributed by atoms with Crippen LogP contribution >= 0.6 is 0 Å². The predicted molar refractivity (Wildman–Crippen MR) is 102 cm³/mol. The van der Waals surface area contributed by atoms with Crippen molar-refractivity contribution in [1.82, 2.24) is 0 Å². The average molecular weight is 400 g/mol. The number of hydrogen-bond donors (Lipinski definition) is 0. The topological polar surface area (TPSA) is 97.4 Å². The van der Waals surface area contributed by atoms with Crippen molar-refractivity contribution in [2.75, 3.05) is 35.5 Å². The lowest BCUT2D eigenvalue weighted by Crippen LogP contribution is -2.25. The van der Waals surface area contributed by atoms with Crippen molar-refractivity contribution in [3.05, 3.63) is 45.5 Å². The van der Waals surface area contributed by atoms with Crippen LogP contribution in [0, 0.1) is 6.92 Å². The van der Waals surface area contributed by atoms with Crippen LogP contribution in [0.25, 0.3) is 0 Å². The first-order valence-corrected chi connectivity index (χ1v) is 8.58. The Hall–Kier alpha value is -3.55. The normalized spacial score (nSPS) is 12.1. The number of fused-ring (bicyclic) bond motifs is 2. The highest BCUT2D eigenvalue weighted by molar-refractivity contribution is 6.31. The fraction of sp³-hybridized carbons (Fsp3) is 0.286. The number of ketones is 2.